The molecule has 0 saturated heterocycles. The molecular weight excluding hydrogens is 878 g/mol. The second-order valence-electron chi connectivity index (χ2n) is 15.9. The minimum absolute atomic E-state index is 0. The zero-order valence-electron chi connectivity index (χ0n) is 33.7. The van der Waals surface area contributed by atoms with Crippen LogP contribution in [0.1, 0.15) is 138 Å². The third-order valence-corrected chi connectivity index (χ3v) is 14.7. The maximum absolute atomic E-state index is 3.67. The van der Waals surface area contributed by atoms with Crippen molar-refractivity contribution in [2.45, 2.75) is 118 Å². The molecule has 0 nitrogen and oxygen atoms in total. The quantitative estimate of drug-likeness (QED) is 0.156. The van der Waals surface area contributed by atoms with Gasteiger partial charge in [-0.1, -0.05) is 105 Å². The average Bonchev–Trinajstić information content (AvgIpc) is 3.95. The summed E-state index contributed by atoms with van der Waals surface area (Å²) in [5.74, 6) is 0. The fourth-order valence-electron chi connectivity index (χ4n) is 8.65. The van der Waals surface area contributed by atoms with E-state index in [1.165, 1.54) is 153 Å². The standard InChI is InChI=1S/2C20H17.2C6H10.2ClH.2Zr/c2*1-13-7-9-18(14(13)2)16-8-10-20-17(12-16)11-15-5-3-4-6-19(15)20;2*1-2-4-6-5-3-1;;;;/h2*3-8,10H,9,11H2,1-2H3;2*1-5H2;2*1H;;/q2*-1;;;;;;/p-2. The van der Waals surface area contributed by atoms with Crippen molar-refractivity contribution >= 4 is 17.6 Å². The third-order valence-electron chi connectivity index (χ3n) is 12.3. The number of benzene rings is 4. The van der Waals surface area contributed by atoms with Crippen LogP contribution < -0.4 is 24.8 Å². The van der Waals surface area contributed by atoms with Crippen molar-refractivity contribution < 1.29 is 73.3 Å². The van der Waals surface area contributed by atoms with Crippen molar-refractivity contribution in [1.82, 2.24) is 0 Å². The van der Waals surface area contributed by atoms with E-state index in [1.54, 1.807) is 54.9 Å². The molecule has 0 aromatic heterocycles. The Balaban J connectivity index is 0.000000156. The Labute approximate surface area is 379 Å². The fraction of sp³-hybridized carbons (Fsp3) is 0.346. The molecule has 4 aromatic carbocycles. The minimum atomic E-state index is 0. The van der Waals surface area contributed by atoms with Gasteiger partial charge in [-0.2, -0.15) is 0 Å². The van der Waals surface area contributed by atoms with Gasteiger partial charge in [0.25, 0.3) is 0 Å². The predicted octanol–water partition coefficient (Wildman–Crippen LogP) is 7.71. The van der Waals surface area contributed by atoms with Crippen LogP contribution in [0.2, 0.25) is 0 Å². The summed E-state index contributed by atoms with van der Waals surface area (Å²) in [5, 5.41) is 0. The van der Waals surface area contributed by atoms with E-state index in [4.69, 9.17) is 0 Å². The first-order valence-electron chi connectivity index (χ1n) is 20.4. The molecular formula is C52H54Cl2Zr2-4. The molecule has 0 spiro atoms. The van der Waals surface area contributed by atoms with E-state index in [2.05, 4.69) is 125 Å². The number of fused-ring (bicyclic) bond motifs is 6. The summed E-state index contributed by atoms with van der Waals surface area (Å²) < 4.78 is 3.61. The van der Waals surface area contributed by atoms with Crippen LogP contribution >= 0.6 is 0 Å². The molecule has 288 valence electrons. The van der Waals surface area contributed by atoms with Crippen LogP contribution in [0.15, 0.2) is 107 Å². The molecule has 2 saturated carbocycles. The molecule has 6 aliphatic rings. The van der Waals surface area contributed by atoms with Crippen molar-refractivity contribution in [3.8, 4) is 22.3 Å². The van der Waals surface area contributed by atoms with Crippen molar-refractivity contribution in [1.29, 1.82) is 0 Å². The molecule has 0 amide bonds. The molecule has 4 aromatic rings. The molecule has 10 rings (SSSR count). The van der Waals surface area contributed by atoms with E-state index in [9.17, 15) is 0 Å². The molecule has 0 heterocycles. The zero-order chi connectivity index (χ0) is 37.6. The Morgan fingerprint density at radius 2 is 0.821 bits per heavy atom. The van der Waals surface area contributed by atoms with Crippen molar-refractivity contribution in [2.75, 3.05) is 0 Å². The second-order valence-corrected chi connectivity index (χ2v) is 19.4. The normalized spacial score (nSPS) is 17.2. The van der Waals surface area contributed by atoms with Crippen LogP contribution in [-0.2, 0) is 61.3 Å². The van der Waals surface area contributed by atoms with Crippen LogP contribution in [0, 0.1) is 12.1 Å². The van der Waals surface area contributed by atoms with Crippen molar-refractivity contribution in [2.24, 2.45) is 0 Å². The molecule has 0 unspecified atom stereocenters. The second kappa shape index (κ2) is 21.3. The Kier molecular flexibility index (Phi) is 17.1. The summed E-state index contributed by atoms with van der Waals surface area (Å²) in [4.78, 5) is 0. The van der Waals surface area contributed by atoms with E-state index in [0.717, 1.165) is 25.7 Å². The van der Waals surface area contributed by atoms with Gasteiger partial charge in [0.2, 0.25) is 0 Å². The Hall–Kier alpha value is -2.07. The molecule has 6 aliphatic carbocycles. The van der Waals surface area contributed by atoms with Gasteiger partial charge < -0.3 is 24.8 Å². The van der Waals surface area contributed by atoms with E-state index < -0.39 is 0 Å². The summed E-state index contributed by atoms with van der Waals surface area (Å²) in [6, 6.07) is 33.8. The molecule has 0 N–H and O–H groups in total. The number of allylic oxidation sites excluding steroid dienone is 8. The summed E-state index contributed by atoms with van der Waals surface area (Å²) in [5.41, 5.74) is 22.2. The monoisotopic (exact) mass is 928 g/mol. The van der Waals surface area contributed by atoms with Crippen LogP contribution in [0.4, 0.5) is 0 Å². The van der Waals surface area contributed by atoms with Gasteiger partial charge in [0, 0.05) is 0 Å². The van der Waals surface area contributed by atoms with E-state index in [1.807, 2.05) is 0 Å². The molecule has 0 aliphatic heterocycles. The van der Waals surface area contributed by atoms with Crippen LogP contribution in [0.25, 0.3) is 33.4 Å². The van der Waals surface area contributed by atoms with Crippen LogP contribution in [0.5, 0.6) is 0 Å². The molecule has 4 heteroatoms. The van der Waals surface area contributed by atoms with Crippen LogP contribution in [-0.4, -0.2) is 6.41 Å². The van der Waals surface area contributed by atoms with Gasteiger partial charge in [0.15, 0.2) is 0 Å². The number of hydrogen-bond acceptors (Lipinski definition) is 0. The van der Waals surface area contributed by atoms with Gasteiger partial charge in [0.05, 0.1) is 0 Å². The molecule has 2 fully saturated rings. The first kappa shape index (κ1) is 45.0. The van der Waals surface area contributed by atoms with Gasteiger partial charge in [-0.05, 0) is 64.5 Å². The summed E-state index contributed by atoms with van der Waals surface area (Å²) in [7, 11) is 0. The molecule has 0 bridgehead atoms. The fourth-order valence-corrected chi connectivity index (χ4v) is 10.4. The Morgan fingerprint density at radius 1 is 0.446 bits per heavy atom. The predicted molar refractivity (Wildman–Crippen MR) is 225 cm³/mol. The first-order chi connectivity index (χ1) is 26.3. The van der Waals surface area contributed by atoms with Gasteiger partial charge >= 0.3 is 119 Å². The number of hydrogen-bond donors (Lipinski definition) is 0. The topological polar surface area (TPSA) is 0 Å². The summed E-state index contributed by atoms with van der Waals surface area (Å²) in [6.07, 6.45) is 23.4. The number of halogens is 2. The average molecular weight is 932 g/mol. The molecule has 56 heavy (non-hydrogen) atoms. The molecule has 0 atom stereocenters. The Bertz CT molecular complexity index is 2040. The van der Waals surface area contributed by atoms with Gasteiger partial charge in [-0.25, -0.2) is 0 Å². The van der Waals surface area contributed by atoms with Crippen molar-refractivity contribution in [3.63, 3.8) is 0 Å². The SMILES string of the molecule is CC1=CCC(c2[c-]c3c(cc2)-c2ccccc2C3)=C1C.CC1=CCC(c2[c-]c3c(cc2)-c2ccccc2C3)=C1C.[Cl-].[Cl-].[Zr]=[C]1CCCCC1.[Zr]=[C]1CCCCC1. The summed E-state index contributed by atoms with van der Waals surface area (Å²) in [6.45, 7) is 8.85. The van der Waals surface area contributed by atoms with E-state index in [0.29, 0.717) is 0 Å². The van der Waals surface area contributed by atoms with Gasteiger partial charge in [-0.3, -0.25) is 0 Å². The van der Waals surface area contributed by atoms with Gasteiger partial charge in [0.1, 0.15) is 0 Å². The zero-order valence-corrected chi connectivity index (χ0v) is 40.2. The van der Waals surface area contributed by atoms with Crippen molar-refractivity contribution in [3.05, 3.63) is 153 Å². The van der Waals surface area contributed by atoms with E-state index >= 15 is 0 Å². The molecule has 0 radical (unpaired) electrons. The third kappa shape index (κ3) is 10.7. The summed E-state index contributed by atoms with van der Waals surface area (Å²) >= 11 is 3.38. The van der Waals surface area contributed by atoms with Crippen LogP contribution in [0.3, 0.4) is 0 Å². The Morgan fingerprint density at radius 3 is 1.14 bits per heavy atom. The maximum atomic E-state index is 3.67. The first-order valence-corrected chi connectivity index (χ1v) is 22.9. The van der Waals surface area contributed by atoms with E-state index in [-0.39, 0.29) is 24.8 Å². The van der Waals surface area contributed by atoms with Gasteiger partial charge in [-0.15, -0.1) is 69.8 Å². The number of rotatable bonds is 2.